The SMILES string of the molecule is C=CC(=O)OC(C)OCCOCCOCCOC(C)OC(=O)C(=C)C. The van der Waals surface area contributed by atoms with Crippen molar-refractivity contribution in [2.45, 2.75) is 33.4 Å². The second-order valence-corrected chi connectivity index (χ2v) is 4.93. The van der Waals surface area contributed by atoms with E-state index in [2.05, 4.69) is 13.2 Å². The van der Waals surface area contributed by atoms with Crippen LogP contribution in [0.5, 0.6) is 0 Å². The summed E-state index contributed by atoms with van der Waals surface area (Å²) in [5.74, 6) is -1.02. The molecular formula is C17H28O8. The van der Waals surface area contributed by atoms with E-state index >= 15 is 0 Å². The van der Waals surface area contributed by atoms with Gasteiger partial charge in [0.15, 0.2) is 0 Å². The summed E-state index contributed by atoms with van der Waals surface area (Å²) in [5, 5.41) is 0. The van der Waals surface area contributed by atoms with Gasteiger partial charge in [0.05, 0.1) is 39.6 Å². The molecule has 0 fully saturated rings. The lowest BCUT2D eigenvalue weighted by molar-refractivity contribution is -0.174. The minimum Gasteiger partial charge on any atom is -0.433 e. The summed E-state index contributed by atoms with van der Waals surface area (Å²) < 4.78 is 30.8. The molecule has 8 heteroatoms. The summed E-state index contributed by atoms with van der Waals surface area (Å²) in [4.78, 5) is 22.1. The second kappa shape index (κ2) is 14.6. The fourth-order valence-corrected chi connectivity index (χ4v) is 1.40. The first-order valence-corrected chi connectivity index (χ1v) is 7.95. The van der Waals surface area contributed by atoms with E-state index in [4.69, 9.17) is 28.4 Å². The topological polar surface area (TPSA) is 89.5 Å². The second-order valence-electron chi connectivity index (χ2n) is 4.93. The molecule has 0 radical (unpaired) electrons. The summed E-state index contributed by atoms with van der Waals surface area (Å²) in [5.41, 5.74) is 0.320. The van der Waals surface area contributed by atoms with Crippen LogP contribution in [0.3, 0.4) is 0 Å². The number of ether oxygens (including phenoxy) is 6. The molecule has 0 rings (SSSR count). The fourth-order valence-electron chi connectivity index (χ4n) is 1.40. The molecule has 0 aromatic rings. The third kappa shape index (κ3) is 14.3. The van der Waals surface area contributed by atoms with Crippen molar-refractivity contribution >= 4 is 11.9 Å². The van der Waals surface area contributed by atoms with Crippen LogP contribution in [0.25, 0.3) is 0 Å². The van der Waals surface area contributed by atoms with Gasteiger partial charge in [-0.05, 0) is 20.8 Å². The Morgan fingerprint density at radius 3 is 1.76 bits per heavy atom. The highest BCUT2D eigenvalue weighted by Crippen LogP contribution is 1.99. The minimum atomic E-state index is -0.654. The molecule has 8 nitrogen and oxygen atoms in total. The molecule has 0 aliphatic carbocycles. The van der Waals surface area contributed by atoms with Crippen LogP contribution in [0.15, 0.2) is 24.8 Å². The van der Waals surface area contributed by atoms with Gasteiger partial charge < -0.3 is 28.4 Å². The van der Waals surface area contributed by atoms with E-state index in [1.807, 2.05) is 0 Å². The van der Waals surface area contributed by atoms with Gasteiger partial charge in [0, 0.05) is 11.6 Å². The van der Waals surface area contributed by atoms with Crippen molar-refractivity contribution in [3.8, 4) is 0 Å². The van der Waals surface area contributed by atoms with Crippen LogP contribution in [-0.4, -0.2) is 64.2 Å². The van der Waals surface area contributed by atoms with E-state index in [0.717, 1.165) is 6.08 Å². The van der Waals surface area contributed by atoms with Crippen LogP contribution in [0.2, 0.25) is 0 Å². The smallest absolute Gasteiger partial charge is 0.335 e. The number of hydrogen-bond donors (Lipinski definition) is 0. The van der Waals surface area contributed by atoms with Gasteiger partial charge in [0.1, 0.15) is 0 Å². The maximum Gasteiger partial charge on any atom is 0.335 e. The highest BCUT2D eigenvalue weighted by atomic mass is 16.7. The van der Waals surface area contributed by atoms with Gasteiger partial charge in [-0.25, -0.2) is 9.59 Å². The van der Waals surface area contributed by atoms with E-state index in [9.17, 15) is 9.59 Å². The van der Waals surface area contributed by atoms with Gasteiger partial charge in [0.25, 0.3) is 0 Å². The van der Waals surface area contributed by atoms with E-state index < -0.39 is 24.5 Å². The largest absolute Gasteiger partial charge is 0.433 e. The van der Waals surface area contributed by atoms with Gasteiger partial charge in [-0.2, -0.15) is 0 Å². The monoisotopic (exact) mass is 360 g/mol. The Morgan fingerprint density at radius 2 is 1.32 bits per heavy atom. The standard InChI is InChI=1S/C17H28O8/c1-6-16(18)24-14(4)22-11-9-20-7-8-21-10-12-23-15(5)25-17(19)13(2)3/h6,14-15H,1-2,7-12H2,3-5H3. The molecule has 0 amide bonds. The lowest BCUT2D eigenvalue weighted by Gasteiger charge is -2.14. The van der Waals surface area contributed by atoms with Crippen molar-refractivity contribution < 1.29 is 38.0 Å². The van der Waals surface area contributed by atoms with Gasteiger partial charge in [-0.1, -0.05) is 13.2 Å². The zero-order valence-corrected chi connectivity index (χ0v) is 15.2. The molecule has 0 spiro atoms. The summed E-state index contributed by atoms with van der Waals surface area (Å²) in [6, 6.07) is 0. The predicted molar refractivity (Wildman–Crippen MR) is 89.7 cm³/mol. The Kier molecular flexibility index (Phi) is 13.6. The molecule has 2 unspecified atom stereocenters. The zero-order chi connectivity index (χ0) is 19.1. The van der Waals surface area contributed by atoms with Crippen LogP contribution >= 0.6 is 0 Å². The van der Waals surface area contributed by atoms with Crippen LogP contribution < -0.4 is 0 Å². The molecule has 0 N–H and O–H groups in total. The molecule has 0 saturated heterocycles. The average molecular weight is 360 g/mol. The predicted octanol–water partition coefficient (Wildman–Crippen LogP) is 1.59. The molecule has 2 atom stereocenters. The summed E-state index contributed by atoms with van der Waals surface area (Å²) >= 11 is 0. The Bertz CT molecular complexity index is 421. The van der Waals surface area contributed by atoms with Gasteiger partial charge in [-0.15, -0.1) is 0 Å². The fraction of sp³-hybridized carbons (Fsp3) is 0.647. The van der Waals surface area contributed by atoms with Crippen molar-refractivity contribution in [3.63, 3.8) is 0 Å². The Labute approximate surface area is 148 Å². The van der Waals surface area contributed by atoms with Gasteiger partial charge in [0.2, 0.25) is 12.6 Å². The Balaban J connectivity index is 3.39. The van der Waals surface area contributed by atoms with Crippen molar-refractivity contribution in [1.82, 2.24) is 0 Å². The van der Waals surface area contributed by atoms with Crippen LogP contribution in [0, 0.1) is 0 Å². The van der Waals surface area contributed by atoms with Gasteiger partial charge >= 0.3 is 11.9 Å². The number of rotatable bonds is 15. The van der Waals surface area contributed by atoms with E-state index in [1.54, 1.807) is 20.8 Å². The van der Waals surface area contributed by atoms with E-state index in [1.165, 1.54) is 0 Å². The maximum atomic E-state index is 11.2. The molecule has 0 aromatic heterocycles. The first-order valence-electron chi connectivity index (χ1n) is 7.95. The third-order valence-electron chi connectivity index (χ3n) is 2.60. The average Bonchev–Trinajstić information content (AvgIpc) is 2.56. The lowest BCUT2D eigenvalue weighted by Crippen LogP contribution is -2.21. The van der Waals surface area contributed by atoms with Gasteiger partial charge in [-0.3, -0.25) is 0 Å². The van der Waals surface area contributed by atoms with Crippen molar-refractivity contribution in [2.75, 3.05) is 39.6 Å². The quantitative estimate of drug-likeness (QED) is 0.188. The molecule has 0 bridgehead atoms. The number of carbonyl (C=O) groups excluding carboxylic acids is 2. The molecule has 144 valence electrons. The summed E-state index contributed by atoms with van der Waals surface area (Å²) in [6.45, 7) is 13.6. The maximum absolute atomic E-state index is 11.2. The van der Waals surface area contributed by atoms with Crippen LogP contribution in [0.4, 0.5) is 0 Å². The van der Waals surface area contributed by atoms with Crippen molar-refractivity contribution in [1.29, 1.82) is 0 Å². The molecular weight excluding hydrogens is 332 g/mol. The zero-order valence-electron chi connectivity index (χ0n) is 15.2. The number of esters is 2. The van der Waals surface area contributed by atoms with Crippen molar-refractivity contribution in [2.24, 2.45) is 0 Å². The van der Waals surface area contributed by atoms with E-state index in [0.29, 0.717) is 45.2 Å². The summed E-state index contributed by atoms with van der Waals surface area (Å²) in [6.07, 6.45) is -0.232. The Morgan fingerprint density at radius 1 is 0.880 bits per heavy atom. The third-order valence-corrected chi connectivity index (χ3v) is 2.60. The number of carbonyl (C=O) groups is 2. The lowest BCUT2D eigenvalue weighted by atomic mass is 10.4. The first kappa shape index (κ1) is 23.3. The normalized spacial score (nSPS) is 12.9. The highest BCUT2D eigenvalue weighted by molar-refractivity contribution is 5.86. The molecule has 0 heterocycles. The molecule has 25 heavy (non-hydrogen) atoms. The van der Waals surface area contributed by atoms with E-state index in [-0.39, 0.29) is 0 Å². The highest BCUT2D eigenvalue weighted by Gasteiger charge is 2.09. The Hall–Kier alpha value is -1.74. The summed E-state index contributed by atoms with van der Waals surface area (Å²) in [7, 11) is 0. The molecule has 0 aliphatic heterocycles. The number of hydrogen-bond acceptors (Lipinski definition) is 8. The molecule has 0 aliphatic rings. The van der Waals surface area contributed by atoms with Crippen LogP contribution in [-0.2, 0) is 38.0 Å². The van der Waals surface area contributed by atoms with Crippen molar-refractivity contribution in [3.05, 3.63) is 24.8 Å². The molecule has 0 aromatic carbocycles. The molecule has 0 saturated carbocycles. The first-order chi connectivity index (χ1) is 11.9. The van der Waals surface area contributed by atoms with Crippen LogP contribution in [0.1, 0.15) is 20.8 Å². The minimum absolute atomic E-state index is 0.292.